The molecule has 0 bridgehead atoms. The van der Waals surface area contributed by atoms with Crippen molar-refractivity contribution in [3.05, 3.63) is 41.0 Å². The Kier molecular flexibility index (Phi) is 3.15. The van der Waals surface area contributed by atoms with Gasteiger partial charge in [-0.3, -0.25) is 4.79 Å². The molecule has 22 heavy (non-hydrogen) atoms. The van der Waals surface area contributed by atoms with Crippen LogP contribution in [0.1, 0.15) is 41.0 Å². The molecule has 1 aliphatic heterocycles. The molecule has 6 nitrogen and oxygen atoms in total. The number of thiazole rings is 1. The molecule has 1 aliphatic rings. The largest absolute Gasteiger partial charge is 0.337 e. The number of likely N-dealkylation sites (tertiary alicyclic amines) is 1. The predicted molar refractivity (Wildman–Crippen MR) is 81.7 cm³/mol. The molecule has 1 saturated heterocycles. The van der Waals surface area contributed by atoms with Crippen LogP contribution in [-0.2, 0) is 0 Å². The Labute approximate surface area is 130 Å². The van der Waals surface area contributed by atoms with E-state index in [0.29, 0.717) is 23.8 Å². The molecule has 3 heterocycles. The minimum Gasteiger partial charge on any atom is -0.337 e. The van der Waals surface area contributed by atoms with E-state index >= 15 is 0 Å². The molecule has 1 atom stereocenters. The van der Waals surface area contributed by atoms with Crippen LogP contribution in [0, 0.1) is 6.92 Å². The number of aromatic nitrogens is 3. The lowest BCUT2D eigenvalue weighted by Crippen LogP contribution is -2.30. The lowest BCUT2D eigenvalue weighted by Gasteiger charge is -2.21. The van der Waals surface area contributed by atoms with Crippen LogP contribution in [0.25, 0.3) is 10.2 Å². The lowest BCUT2D eigenvalue weighted by atomic mass is 10.1. The molecule has 7 heteroatoms. The van der Waals surface area contributed by atoms with Crippen LogP contribution in [0.5, 0.6) is 0 Å². The maximum absolute atomic E-state index is 12.8. The quantitative estimate of drug-likeness (QED) is 0.727. The van der Waals surface area contributed by atoms with Crippen molar-refractivity contribution in [3.63, 3.8) is 0 Å². The average Bonchev–Trinajstić information content (AvgIpc) is 3.25. The second-order valence-corrected chi connectivity index (χ2v) is 6.26. The molecular formula is C15H14N4O2S. The molecule has 0 aliphatic carbocycles. The van der Waals surface area contributed by atoms with Crippen molar-refractivity contribution in [3.8, 4) is 0 Å². The number of carbonyl (C=O) groups is 1. The van der Waals surface area contributed by atoms with E-state index < -0.39 is 0 Å². The van der Waals surface area contributed by atoms with Gasteiger partial charge in [0.15, 0.2) is 5.82 Å². The van der Waals surface area contributed by atoms with Gasteiger partial charge >= 0.3 is 0 Å². The SMILES string of the molecule is Cc1noc(C2CCCN2C(=O)c2ccc3ncsc3c2)n1. The summed E-state index contributed by atoms with van der Waals surface area (Å²) in [5.41, 5.74) is 3.39. The average molecular weight is 314 g/mol. The van der Waals surface area contributed by atoms with E-state index in [-0.39, 0.29) is 11.9 Å². The second-order valence-electron chi connectivity index (χ2n) is 5.37. The van der Waals surface area contributed by atoms with Gasteiger partial charge in [-0.05, 0) is 38.0 Å². The van der Waals surface area contributed by atoms with Gasteiger partial charge < -0.3 is 9.42 Å². The number of hydrogen-bond acceptors (Lipinski definition) is 6. The van der Waals surface area contributed by atoms with E-state index in [9.17, 15) is 4.79 Å². The Morgan fingerprint density at radius 2 is 2.36 bits per heavy atom. The highest BCUT2D eigenvalue weighted by molar-refractivity contribution is 7.16. The Balaban J connectivity index is 1.65. The molecule has 112 valence electrons. The van der Waals surface area contributed by atoms with E-state index in [2.05, 4.69) is 15.1 Å². The third-order valence-electron chi connectivity index (χ3n) is 3.92. The molecular weight excluding hydrogens is 300 g/mol. The highest BCUT2D eigenvalue weighted by Crippen LogP contribution is 2.32. The number of nitrogens with zero attached hydrogens (tertiary/aromatic N) is 4. The number of benzene rings is 1. The summed E-state index contributed by atoms with van der Waals surface area (Å²) in [5, 5.41) is 3.83. The monoisotopic (exact) mass is 314 g/mol. The third-order valence-corrected chi connectivity index (χ3v) is 4.71. The summed E-state index contributed by atoms with van der Waals surface area (Å²) in [6.07, 6.45) is 1.80. The van der Waals surface area contributed by atoms with Gasteiger partial charge in [0.1, 0.15) is 6.04 Å². The molecule has 3 aromatic rings. The fraction of sp³-hybridized carbons (Fsp3) is 0.333. The molecule has 1 aromatic carbocycles. The van der Waals surface area contributed by atoms with Crippen LogP contribution in [0.3, 0.4) is 0 Å². The zero-order valence-corrected chi connectivity index (χ0v) is 12.8. The first-order valence-electron chi connectivity index (χ1n) is 7.17. The standard InChI is InChI=1S/C15H14N4O2S/c1-9-17-14(21-18-9)12-3-2-6-19(12)15(20)10-4-5-11-13(7-10)22-8-16-11/h4-5,7-8,12H,2-3,6H2,1H3. The van der Waals surface area contributed by atoms with Crippen molar-refractivity contribution in [2.75, 3.05) is 6.54 Å². The normalized spacial score (nSPS) is 18.2. The van der Waals surface area contributed by atoms with Crippen molar-refractivity contribution < 1.29 is 9.32 Å². The van der Waals surface area contributed by atoms with E-state index in [1.165, 1.54) is 11.3 Å². The van der Waals surface area contributed by atoms with Gasteiger partial charge in [-0.25, -0.2) is 4.98 Å². The van der Waals surface area contributed by atoms with E-state index in [4.69, 9.17) is 4.52 Å². The second kappa shape index (κ2) is 5.17. The fourth-order valence-corrected chi connectivity index (χ4v) is 3.59. The molecule has 1 unspecified atom stereocenters. The summed E-state index contributed by atoms with van der Waals surface area (Å²) in [6, 6.07) is 5.51. The zero-order chi connectivity index (χ0) is 15.1. The molecule has 1 fully saturated rings. The maximum atomic E-state index is 12.8. The predicted octanol–water partition coefficient (Wildman–Crippen LogP) is 2.97. The minimum absolute atomic E-state index is 0.00801. The highest BCUT2D eigenvalue weighted by Gasteiger charge is 2.34. The van der Waals surface area contributed by atoms with Crippen molar-refractivity contribution in [1.29, 1.82) is 0 Å². The Morgan fingerprint density at radius 3 is 3.18 bits per heavy atom. The van der Waals surface area contributed by atoms with E-state index in [1.54, 1.807) is 12.4 Å². The summed E-state index contributed by atoms with van der Waals surface area (Å²) in [7, 11) is 0. The first kappa shape index (κ1) is 13.4. The van der Waals surface area contributed by atoms with Gasteiger partial charge in [-0.15, -0.1) is 11.3 Å². The van der Waals surface area contributed by atoms with Crippen LogP contribution in [0.15, 0.2) is 28.2 Å². The highest BCUT2D eigenvalue weighted by atomic mass is 32.1. The summed E-state index contributed by atoms with van der Waals surface area (Å²) >= 11 is 1.54. The molecule has 0 radical (unpaired) electrons. The Hall–Kier alpha value is -2.28. The number of carbonyl (C=O) groups excluding carboxylic acids is 1. The van der Waals surface area contributed by atoms with Crippen LogP contribution in [-0.4, -0.2) is 32.5 Å². The fourth-order valence-electron chi connectivity index (χ4n) is 2.87. The summed E-state index contributed by atoms with van der Waals surface area (Å²) in [6.45, 7) is 2.50. The number of aryl methyl sites for hydroxylation is 1. The summed E-state index contributed by atoms with van der Waals surface area (Å²) < 4.78 is 6.28. The van der Waals surface area contributed by atoms with Gasteiger partial charge in [0.2, 0.25) is 5.89 Å². The maximum Gasteiger partial charge on any atom is 0.254 e. The van der Waals surface area contributed by atoms with Crippen LogP contribution < -0.4 is 0 Å². The van der Waals surface area contributed by atoms with Crippen molar-refractivity contribution >= 4 is 27.5 Å². The van der Waals surface area contributed by atoms with Gasteiger partial charge in [0, 0.05) is 12.1 Å². The first-order valence-corrected chi connectivity index (χ1v) is 8.05. The smallest absolute Gasteiger partial charge is 0.254 e. The minimum atomic E-state index is -0.120. The lowest BCUT2D eigenvalue weighted by molar-refractivity contribution is 0.0710. The number of fused-ring (bicyclic) bond motifs is 1. The Morgan fingerprint density at radius 1 is 1.45 bits per heavy atom. The summed E-state index contributed by atoms with van der Waals surface area (Å²) in [4.78, 5) is 23.2. The molecule has 0 spiro atoms. The molecule has 0 N–H and O–H groups in total. The van der Waals surface area contributed by atoms with E-state index in [1.807, 2.05) is 23.1 Å². The number of hydrogen-bond donors (Lipinski definition) is 0. The van der Waals surface area contributed by atoms with Crippen molar-refractivity contribution in [2.24, 2.45) is 0 Å². The first-order chi connectivity index (χ1) is 10.7. The number of amides is 1. The van der Waals surface area contributed by atoms with Crippen LogP contribution >= 0.6 is 11.3 Å². The number of rotatable bonds is 2. The topological polar surface area (TPSA) is 72.1 Å². The van der Waals surface area contributed by atoms with Gasteiger partial charge in [-0.1, -0.05) is 5.16 Å². The molecule has 2 aromatic heterocycles. The summed E-state index contributed by atoms with van der Waals surface area (Å²) in [5.74, 6) is 1.14. The molecule has 1 amide bonds. The third kappa shape index (κ3) is 2.18. The van der Waals surface area contributed by atoms with Crippen LogP contribution in [0.2, 0.25) is 0 Å². The van der Waals surface area contributed by atoms with Crippen LogP contribution in [0.4, 0.5) is 0 Å². The molecule has 4 rings (SSSR count). The van der Waals surface area contributed by atoms with Gasteiger partial charge in [0.05, 0.1) is 15.7 Å². The molecule has 0 saturated carbocycles. The van der Waals surface area contributed by atoms with Gasteiger partial charge in [0.25, 0.3) is 5.91 Å². The van der Waals surface area contributed by atoms with Gasteiger partial charge in [-0.2, -0.15) is 4.98 Å². The van der Waals surface area contributed by atoms with Crippen molar-refractivity contribution in [1.82, 2.24) is 20.0 Å². The van der Waals surface area contributed by atoms with Crippen molar-refractivity contribution in [2.45, 2.75) is 25.8 Å². The zero-order valence-electron chi connectivity index (χ0n) is 12.0. The Bertz CT molecular complexity index is 841. The van der Waals surface area contributed by atoms with E-state index in [0.717, 1.165) is 23.1 Å².